The number of nitrogens with zero attached hydrogens (tertiary/aromatic N) is 1. The Morgan fingerprint density at radius 3 is 2.26 bits per heavy atom. The number of likely N-dealkylation sites (tertiary alicyclic amines) is 1. The normalized spacial score (nSPS) is 17.6. The van der Waals surface area contributed by atoms with Crippen molar-refractivity contribution in [2.24, 2.45) is 0 Å². The van der Waals surface area contributed by atoms with Gasteiger partial charge in [0.2, 0.25) is 0 Å². The van der Waals surface area contributed by atoms with Crippen molar-refractivity contribution in [1.82, 2.24) is 4.90 Å². The Balaban J connectivity index is 0.00000261. The third kappa shape index (κ3) is 5.32. The fraction of sp³-hybridized carbons (Fsp3) is 0.409. The molecule has 0 amide bonds. The quantitative estimate of drug-likeness (QED) is 0.749. The van der Waals surface area contributed by atoms with E-state index < -0.39 is 5.60 Å². The van der Waals surface area contributed by atoms with E-state index >= 15 is 0 Å². The highest BCUT2D eigenvalue weighted by molar-refractivity contribution is 5.96. The average Bonchev–Trinajstić information content (AvgIpc) is 2.68. The molecule has 1 N–H and O–H groups in total. The lowest BCUT2D eigenvalue weighted by Gasteiger charge is -2.40. The van der Waals surface area contributed by atoms with Gasteiger partial charge in [0.25, 0.3) is 0 Å². The monoisotopic (exact) mass is 389 g/mol. The molecule has 2 aromatic rings. The molecule has 2 aromatic carbocycles. The molecule has 1 aliphatic heterocycles. The van der Waals surface area contributed by atoms with E-state index in [1.54, 1.807) is 7.11 Å². The number of ketones is 1. The standard InChI is InChI=1S/C22H27NO3.ClH/c1-17(18-8-10-20(26-2)11-9-18)23-14-12-22(25,13-15-23)16-21(24)19-6-4-3-5-7-19;/h3-11,17,25H,12-16H2,1-2H3;1H. The largest absolute Gasteiger partial charge is 0.497 e. The molecule has 0 saturated carbocycles. The number of carbonyl (C=O) groups excluding carboxylic acids is 1. The van der Waals surface area contributed by atoms with Gasteiger partial charge in [-0.25, -0.2) is 0 Å². The Hall–Kier alpha value is -1.88. The predicted octanol–water partition coefficient (Wildman–Crippen LogP) is 4.28. The molecule has 0 aromatic heterocycles. The van der Waals surface area contributed by atoms with Crippen molar-refractivity contribution in [2.75, 3.05) is 20.2 Å². The maximum atomic E-state index is 12.4. The molecule has 27 heavy (non-hydrogen) atoms. The predicted molar refractivity (Wildman–Crippen MR) is 110 cm³/mol. The molecule has 1 atom stereocenters. The van der Waals surface area contributed by atoms with E-state index in [4.69, 9.17) is 4.74 Å². The molecule has 4 nitrogen and oxygen atoms in total. The van der Waals surface area contributed by atoms with Crippen LogP contribution in [0.1, 0.15) is 48.1 Å². The zero-order valence-electron chi connectivity index (χ0n) is 15.9. The van der Waals surface area contributed by atoms with Crippen LogP contribution in [-0.2, 0) is 0 Å². The number of Topliss-reactive ketones (excluding diaryl/α,β-unsaturated/α-hetero) is 1. The molecule has 0 bridgehead atoms. The van der Waals surface area contributed by atoms with Gasteiger partial charge in [0, 0.05) is 31.1 Å². The van der Waals surface area contributed by atoms with Gasteiger partial charge in [0.15, 0.2) is 5.78 Å². The minimum Gasteiger partial charge on any atom is -0.497 e. The molecular formula is C22H28ClNO3. The molecule has 1 heterocycles. The molecule has 0 spiro atoms. The van der Waals surface area contributed by atoms with Crippen LogP contribution < -0.4 is 4.74 Å². The number of piperidine rings is 1. The lowest BCUT2D eigenvalue weighted by Crippen LogP contribution is -2.46. The maximum Gasteiger partial charge on any atom is 0.165 e. The highest BCUT2D eigenvalue weighted by atomic mass is 35.5. The lowest BCUT2D eigenvalue weighted by molar-refractivity contribution is -0.0303. The summed E-state index contributed by atoms with van der Waals surface area (Å²) in [6.45, 7) is 3.75. The number of hydrogen-bond acceptors (Lipinski definition) is 4. The second kappa shape index (κ2) is 9.36. The van der Waals surface area contributed by atoms with Gasteiger partial charge >= 0.3 is 0 Å². The van der Waals surface area contributed by atoms with Gasteiger partial charge in [-0.05, 0) is 37.5 Å². The van der Waals surface area contributed by atoms with Crippen LogP contribution in [0.2, 0.25) is 0 Å². The number of ether oxygens (including phenoxy) is 1. The van der Waals surface area contributed by atoms with Gasteiger partial charge < -0.3 is 9.84 Å². The zero-order chi connectivity index (χ0) is 18.6. The molecular weight excluding hydrogens is 362 g/mol. The molecule has 1 aliphatic rings. The Kier molecular flexibility index (Phi) is 7.42. The molecule has 1 unspecified atom stereocenters. The molecule has 0 aliphatic carbocycles. The van der Waals surface area contributed by atoms with Gasteiger partial charge in [0.05, 0.1) is 12.7 Å². The molecule has 3 rings (SSSR count). The molecule has 5 heteroatoms. The van der Waals surface area contributed by atoms with Crippen LogP contribution in [0.5, 0.6) is 5.75 Å². The zero-order valence-corrected chi connectivity index (χ0v) is 16.7. The SMILES string of the molecule is COc1ccc(C(C)N2CCC(O)(CC(=O)c3ccccc3)CC2)cc1.Cl. The summed E-state index contributed by atoms with van der Waals surface area (Å²) in [5.41, 5.74) is 1.01. The van der Waals surface area contributed by atoms with E-state index in [2.05, 4.69) is 24.0 Å². The number of halogens is 1. The maximum absolute atomic E-state index is 12.4. The van der Waals surface area contributed by atoms with Gasteiger partial charge in [-0.15, -0.1) is 12.4 Å². The summed E-state index contributed by atoms with van der Waals surface area (Å²) < 4.78 is 5.22. The first-order chi connectivity index (χ1) is 12.5. The second-order valence-corrected chi connectivity index (χ2v) is 7.18. The highest BCUT2D eigenvalue weighted by Crippen LogP contribution is 2.32. The van der Waals surface area contributed by atoms with Crippen molar-refractivity contribution in [1.29, 1.82) is 0 Å². The third-order valence-electron chi connectivity index (χ3n) is 5.46. The highest BCUT2D eigenvalue weighted by Gasteiger charge is 2.35. The third-order valence-corrected chi connectivity index (χ3v) is 5.46. The summed E-state index contributed by atoms with van der Waals surface area (Å²) in [5, 5.41) is 10.9. The Bertz CT molecular complexity index is 725. The Morgan fingerprint density at radius 1 is 1.11 bits per heavy atom. The molecule has 1 fully saturated rings. The summed E-state index contributed by atoms with van der Waals surface area (Å²) in [7, 11) is 1.67. The number of carbonyl (C=O) groups is 1. The van der Waals surface area contributed by atoms with Crippen LogP contribution in [-0.4, -0.2) is 41.6 Å². The Labute approximate surface area is 167 Å². The van der Waals surface area contributed by atoms with Crippen LogP contribution in [0.4, 0.5) is 0 Å². The Morgan fingerprint density at radius 2 is 1.70 bits per heavy atom. The van der Waals surface area contributed by atoms with E-state index in [-0.39, 0.29) is 30.7 Å². The van der Waals surface area contributed by atoms with Gasteiger partial charge in [-0.2, -0.15) is 0 Å². The van der Waals surface area contributed by atoms with E-state index in [1.165, 1.54) is 5.56 Å². The van der Waals surface area contributed by atoms with E-state index in [0.29, 0.717) is 18.4 Å². The summed E-state index contributed by atoms with van der Waals surface area (Å²) in [4.78, 5) is 14.8. The minimum absolute atomic E-state index is 0. The first-order valence-electron chi connectivity index (χ1n) is 9.19. The van der Waals surface area contributed by atoms with Crippen molar-refractivity contribution in [2.45, 2.75) is 37.8 Å². The van der Waals surface area contributed by atoms with Crippen LogP contribution in [0, 0.1) is 0 Å². The molecule has 1 saturated heterocycles. The summed E-state index contributed by atoms with van der Waals surface area (Å²) in [6, 6.07) is 17.6. The van der Waals surface area contributed by atoms with Crippen molar-refractivity contribution in [3.8, 4) is 5.75 Å². The number of aliphatic hydroxyl groups is 1. The minimum atomic E-state index is -0.900. The number of benzene rings is 2. The first-order valence-corrected chi connectivity index (χ1v) is 9.19. The summed E-state index contributed by atoms with van der Waals surface area (Å²) >= 11 is 0. The number of hydrogen-bond donors (Lipinski definition) is 1. The average molecular weight is 390 g/mol. The molecule has 146 valence electrons. The topological polar surface area (TPSA) is 49.8 Å². The smallest absolute Gasteiger partial charge is 0.165 e. The lowest BCUT2D eigenvalue weighted by atomic mass is 9.84. The van der Waals surface area contributed by atoms with E-state index in [0.717, 1.165) is 18.8 Å². The van der Waals surface area contributed by atoms with Crippen molar-refractivity contribution in [3.05, 3.63) is 65.7 Å². The van der Waals surface area contributed by atoms with Crippen LogP contribution in [0.15, 0.2) is 54.6 Å². The van der Waals surface area contributed by atoms with Crippen molar-refractivity contribution < 1.29 is 14.6 Å². The molecule has 0 radical (unpaired) electrons. The summed E-state index contributed by atoms with van der Waals surface area (Å²) in [6.07, 6.45) is 1.43. The fourth-order valence-electron chi connectivity index (χ4n) is 3.62. The van der Waals surface area contributed by atoms with Gasteiger partial charge in [-0.3, -0.25) is 9.69 Å². The number of methoxy groups -OCH3 is 1. The van der Waals surface area contributed by atoms with Gasteiger partial charge in [0.1, 0.15) is 5.75 Å². The van der Waals surface area contributed by atoms with Gasteiger partial charge in [-0.1, -0.05) is 42.5 Å². The van der Waals surface area contributed by atoms with Crippen molar-refractivity contribution in [3.63, 3.8) is 0 Å². The van der Waals surface area contributed by atoms with E-state index in [9.17, 15) is 9.90 Å². The second-order valence-electron chi connectivity index (χ2n) is 7.18. The summed E-state index contributed by atoms with van der Waals surface area (Å²) in [5.74, 6) is 0.873. The fourth-order valence-corrected chi connectivity index (χ4v) is 3.62. The van der Waals surface area contributed by atoms with Crippen LogP contribution in [0.3, 0.4) is 0 Å². The first kappa shape index (κ1) is 21.4. The van der Waals surface area contributed by atoms with Crippen molar-refractivity contribution >= 4 is 18.2 Å². The van der Waals surface area contributed by atoms with Crippen LogP contribution in [0.25, 0.3) is 0 Å². The van der Waals surface area contributed by atoms with Crippen LogP contribution >= 0.6 is 12.4 Å². The number of rotatable bonds is 6. The van der Waals surface area contributed by atoms with E-state index in [1.807, 2.05) is 42.5 Å².